The molecule has 16 heavy (non-hydrogen) atoms. The maximum absolute atomic E-state index is 11.7. The number of imide groups is 2. The predicted octanol–water partition coefficient (Wildman–Crippen LogP) is 0.118. The fourth-order valence-corrected chi connectivity index (χ4v) is 1.65. The Morgan fingerprint density at radius 3 is 2.00 bits per heavy atom. The number of amides is 4. The van der Waals surface area contributed by atoms with Crippen molar-refractivity contribution < 1.29 is 19.2 Å². The van der Waals surface area contributed by atoms with E-state index in [2.05, 4.69) is 0 Å². The van der Waals surface area contributed by atoms with Crippen molar-refractivity contribution in [2.75, 3.05) is 0 Å². The Morgan fingerprint density at radius 1 is 1.12 bits per heavy atom. The highest BCUT2D eigenvalue weighted by molar-refractivity contribution is 6.20. The van der Waals surface area contributed by atoms with Gasteiger partial charge in [0.15, 0.2) is 0 Å². The molecule has 0 aromatic carbocycles. The first kappa shape index (κ1) is 12.4. The molecule has 2 N–H and O–H groups in total. The van der Waals surface area contributed by atoms with Crippen LogP contribution in [0.3, 0.4) is 0 Å². The summed E-state index contributed by atoms with van der Waals surface area (Å²) in [4.78, 5) is 45.6. The minimum Gasteiger partial charge on any atom is -0.300 e. The van der Waals surface area contributed by atoms with Gasteiger partial charge >= 0.3 is 6.03 Å². The Balaban J connectivity index is 3.00. The molecule has 0 radical (unpaired) electrons. The largest absolute Gasteiger partial charge is 0.328 e. The number of hydrogen-bond donors (Lipinski definition) is 2. The summed E-state index contributed by atoms with van der Waals surface area (Å²) >= 11 is 0. The third kappa shape index (κ3) is 1.95. The Bertz CT molecular complexity index is 342. The molecule has 1 aliphatic rings. The lowest BCUT2D eigenvalue weighted by molar-refractivity contribution is -0.148. The maximum atomic E-state index is 11.7. The van der Waals surface area contributed by atoms with E-state index in [-0.39, 0.29) is 25.0 Å². The van der Waals surface area contributed by atoms with Crippen LogP contribution < -0.4 is 10.6 Å². The van der Waals surface area contributed by atoms with Crippen molar-refractivity contribution in [1.82, 2.24) is 10.6 Å². The summed E-state index contributed by atoms with van der Waals surface area (Å²) in [6.45, 7) is 3.30. The van der Waals surface area contributed by atoms with E-state index < -0.39 is 23.3 Å². The molecule has 1 rings (SSSR count). The first-order chi connectivity index (χ1) is 7.46. The van der Waals surface area contributed by atoms with Crippen molar-refractivity contribution in [1.29, 1.82) is 0 Å². The predicted molar refractivity (Wildman–Crippen MR) is 54.3 cm³/mol. The summed E-state index contributed by atoms with van der Waals surface area (Å²) in [5, 5.41) is 4.04. The molecular formula is C10H14N2O4. The summed E-state index contributed by atoms with van der Waals surface area (Å²) in [5.74, 6) is -1.56. The summed E-state index contributed by atoms with van der Waals surface area (Å²) in [7, 11) is 0. The van der Waals surface area contributed by atoms with Gasteiger partial charge in [0.25, 0.3) is 0 Å². The monoisotopic (exact) mass is 226 g/mol. The number of hydrogen-bond acceptors (Lipinski definition) is 4. The van der Waals surface area contributed by atoms with Gasteiger partial charge in [-0.1, -0.05) is 13.8 Å². The minimum atomic E-state index is -1.43. The smallest absolute Gasteiger partial charge is 0.300 e. The summed E-state index contributed by atoms with van der Waals surface area (Å²) in [5.41, 5.74) is -1.43. The maximum Gasteiger partial charge on any atom is 0.328 e. The quantitative estimate of drug-likeness (QED) is 0.666. The van der Waals surface area contributed by atoms with Gasteiger partial charge in [-0.15, -0.1) is 0 Å². The van der Waals surface area contributed by atoms with Crippen LogP contribution in [0.2, 0.25) is 0 Å². The highest BCUT2D eigenvalue weighted by Crippen LogP contribution is 2.30. The molecule has 6 heteroatoms. The lowest BCUT2D eigenvalue weighted by Gasteiger charge is -2.32. The van der Waals surface area contributed by atoms with Crippen molar-refractivity contribution >= 4 is 23.6 Å². The van der Waals surface area contributed by atoms with Crippen LogP contribution in [0.4, 0.5) is 4.79 Å². The number of carbonyl (C=O) groups excluding carboxylic acids is 4. The molecule has 1 fully saturated rings. The number of nitrogens with one attached hydrogen (secondary N) is 2. The third-order valence-electron chi connectivity index (χ3n) is 2.82. The normalized spacial score (nSPS) is 19.0. The molecule has 88 valence electrons. The van der Waals surface area contributed by atoms with Crippen LogP contribution in [0, 0.1) is 5.41 Å². The Morgan fingerprint density at radius 2 is 1.62 bits per heavy atom. The van der Waals surface area contributed by atoms with Crippen LogP contribution >= 0.6 is 0 Å². The lowest BCUT2D eigenvalue weighted by Crippen LogP contribution is -2.62. The first-order valence-corrected chi connectivity index (χ1v) is 5.14. The molecule has 0 bridgehead atoms. The second-order valence-corrected chi connectivity index (χ2v) is 3.74. The number of ketones is 1. The number of carbonyl (C=O) groups is 4. The van der Waals surface area contributed by atoms with Crippen LogP contribution in [0.1, 0.15) is 33.1 Å². The molecular weight excluding hydrogens is 212 g/mol. The fourth-order valence-electron chi connectivity index (χ4n) is 1.65. The van der Waals surface area contributed by atoms with Crippen molar-refractivity contribution in [3.63, 3.8) is 0 Å². The molecule has 4 amide bonds. The highest BCUT2D eigenvalue weighted by atomic mass is 16.2. The van der Waals surface area contributed by atoms with E-state index in [9.17, 15) is 19.2 Å². The average Bonchev–Trinajstić information content (AvgIpc) is 2.23. The van der Waals surface area contributed by atoms with Crippen LogP contribution in [0.15, 0.2) is 0 Å². The third-order valence-corrected chi connectivity index (χ3v) is 2.82. The number of Topliss-reactive ketones (excluding diaryl/α,β-unsaturated/α-hetero) is 1. The Kier molecular flexibility index (Phi) is 3.41. The molecule has 0 spiro atoms. The SMILES string of the molecule is CCC(=O)CC1(CC)C(=O)NC(=O)NC1=O. The lowest BCUT2D eigenvalue weighted by atomic mass is 9.77. The minimum absolute atomic E-state index is 0.162. The highest BCUT2D eigenvalue weighted by Gasteiger charge is 2.49. The van der Waals surface area contributed by atoms with Gasteiger partial charge in [-0.2, -0.15) is 0 Å². The topological polar surface area (TPSA) is 92.3 Å². The Hall–Kier alpha value is -1.72. The standard InChI is InChI=1S/C10H14N2O4/c1-3-6(13)5-10(4-2)7(14)11-9(16)12-8(10)15/h3-5H2,1-2H3,(H2,11,12,14,15,16). The molecule has 1 heterocycles. The van der Waals surface area contributed by atoms with Crippen LogP contribution in [0.5, 0.6) is 0 Å². The summed E-state index contributed by atoms with van der Waals surface area (Å²) in [6.07, 6.45) is 0.283. The molecule has 1 saturated heterocycles. The van der Waals surface area contributed by atoms with E-state index in [4.69, 9.17) is 0 Å². The average molecular weight is 226 g/mol. The van der Waals surface area contributed by atoms with Gasteiger partial charge in [0.05, 0.1) is 0 Å². The van der Waals surface area contributed by atoms with Gasteiger partial charge in [0, 0.05) is 12.8 Å². The molecule has 1 aliphatic heterocycles. The zero-order valence-corrected chi connectivity index (χ0v) is 9.25. The zero-order valence-electron chi connectivity index (χ0n) is 9.25. The van der Waals surface area contributed by atoms with Crippen molar-refractivity contribution in [3.05, 3.63) is 0 Å². The molecule has 0 aliphatic carbocycles. The van der Waals surface area contributed by atoms with E-state index in [1.807, 2.05) is 10.6 Å². The molecule has 0 unspecified atom stereocenters. The summed E-state index contributed by atoms with van der Waals surface area (Å²) in [6, 6.07) is -0.831. The molecule has 6 nitrogen and oxygen atoms in total. The summed E-state index contributed by atoms with van der Waals surface area (Å²) < 4.78 is 0. The molecule has 0 saturated carbocycles. The van der Waals surface area contributed by atoms with Gasteiger partial charge < -0.3 is 0 Å². The number of rotatable bonds is 4. The van der Waals surface area contributed by atoms with E-state index in [1.165, 1.54) is 0 Å². The molecule has 0 atom stereocenters. The first-order valence-electron chi connectivity index (χ1n) is 5.14. The zero-order chi connectivity index (χ0) is 12.3. The molecule has 0 aromatic rings. The van der Waals surface area contributed by atoms with Crippen LogP contribution in [-0.2, 0) is 14.4 Å². The van der Waals surface area contributed by atoms with Gasteiger partial charge in [-0.3, -0.25) is 25.0 Å². The Labute approximate surface area is 92.8 Å². The number of barbiturate groups is 1. The van der Waals surface area contributed by atoms with E-state index in [1.54, 1.807) is 13.8 Å². The van der Waals surface area contributed by atoms with Gasteiger partial charge in [-0.05, 0) is 6.42 Å². The van der Waals surface area contributed by atoms with Crippen molar-refractivity contribution in [3.8, 4) is 0 Å². The second-order valence-electron chi connectivity index (χ2n) is 3.74. The van der Waals surface area contributed by atoms with Gasteiger partial charge in [-0.25, -0.2) is 4.79 Å². The van der Waals surface area contributed by atoms with E-state index >= 15 is 0 Å². The van der Waals surface area contributed by atoms with Crippen LogP contribution in [-0.4, -0.2) is 23.6 Å². The molecule has 0 aromatic heterocycles. The fraction of sp³-hybridized carbons (Fsp3) is 0.600. The van der Waals surface area contributed by atoms with E-state index in [0.717, 1.165) is 0 Å². The number of urea groups is 1. The van der Waals surface area contributed by atoms with Crippen LogP contribution in [0.25, 0.3) is 0 Å². The van der Waals surface area contributed by atoms with Crippen molar-refractivity contribution in [2.45, 2.75) is 33.1 Å². The van der Waals surface area contributed by atoms with E-state index in [0.29, 0.717) is 0 Å². The van der Waals surface area contributed by atoms with Crippen molar-refractivity contribution in [2.24, 2.45) is 5.41 Å². The second kappa shape index (κ2) is 4.42. The van der Waals surface area contributed by atoms with Gasteiger partial charge in [0.1, 0.15) is 11.2 Å². The van der Waals surface area contributed by atoms with Gasteiger partial charge in [0.2, 0.25) is 11.8 Å².